The van der Waals surface area contributed by atoms with Crippen LogP contribution in [0, 0.1) is 11.3 Å². The Hall–Kier alpha value is -1.53. The number of hydrogen-bond acceptors (Lipinski definition) is 2. The molecule has 0 fully saturated rings. The van der Waals surface area contributed by atoms with Crippen molar-refractivity contribution in [1.82, 2.24) is 9.97 Å². The van der Waals surface area contributed by atoms with Crippen LogP contribution in [0.3, 0.4) is 0 Å². The van der Waals surface area contributed by atoms with E-state index in [2.05, 4.69) is 16.0 Å². The van der Waals surface area contributed by atoms with Crippen molar-refractivity contribution in [2.45, 2.75) is 6.42 Å². The van der Waals surface area contributed by atoms with Crippen LogP contribution in [0.2, 0.25) is 5.15 Å². The van der Waals surface area contributed by atoms with Gasteiger partial charge in [0.05, 0.1) is 18.0 Å². The number of nitriles is 1. The Balaban J connectivity index is 2.70. The van der Waals surface area contributed by atoms with Gasteiger partial charge in [-0.05, 0) is 11.6 Å². The van der Waals surface area contributed by atoms with E-state index in [0.717, 1.165) is 16.5 Å². The lowest BCUT2D eigenvalue weighted by molar-refractivity contribution is 1.28. The average Bonchev–Trinajstić information content (AvgIpc) is 2.51. The lowest BCUT2D eigenvalue weighted by Gasteiger charge is -1.92. The molecule has 0 saturated carbocycles. The van der Waals surface area contributed by atoms with E-state index in [9.17, 15) is 0 Å². The second-order valence-corrected chi connectivity index (χ2v) is 3.03. The van der Waals surface area contributed by atoms with Crippen LogP contribution in [0.4, 0.5) is 0 Å². The highest BCUT2D eigenvalue weighted by atomic mass is 35.5. The first kappa shape index (κ1) is 8.09. The molecular formula is C9H6ClN3. The largest absolute Gasteiger partial charge is 0.358 e. The Kier molecular flexibility index (Phi) is 1.91. The summed E-state index contributed by atoms with van der Waals surface area (Å²) in [5, 5.41) is 9.97. The zero-order chi connectivity index (χ0) is 9.26. The highest BCUT2D eigenvalue weighted by Gasteiger charge is 2.05. The molecule has 0 radical (unpaired) electrons. The molecule has 0 spiro atoms. The van der Waals surface area contributed by atoms with Gasteiger partial charge in [-0.1, -0.05) is 11.6 Å². The molecule has 13 heavy (non-hydrogen) atoms. The van der Waals surface area contributed by atoms with Gasteiger partial charge in [0.25, 0.3) is 0 Å². The lowest BCUT2D eigenvalue weighted by atomic mass is 10.2. The van der Waals surface area contributed by atoms with Crippen LogP contribution < -0.4 is 0 Å². The summed E-state index contributed by atoms with van der Waals surface area (Å²) in [6, 6.07) is 3.95. The standard InChI is InChI=1S/C9H6ClN3/c10-9-8-7(2-4-12-9)6(1-3-11)5-13-8/h2,4-5,13H,1H2. The van der Waals surface area contributed by atoms with Gasteiger partial charge in [-0.15, -0.1) is 0 Å². The molecule has 2 rings (SSSR count). The molecule has 0 amide bonds. The Morgan fingerprint density at radius 2 is 2.46 bits per heavy atom. The molecule has 2 aromatic rings. The minimum absolute atomic E-state index is 0.389. The highest BCUT2D eigenvalue weighted by molar-refractivity contribution is 6.33. The number of nitrogens with one attached hydrogen (secondary N) is 1. The summed E-state index contributed by atoms with van der Waals surface area (Å²) in [7, 11) is 0. The maximum absolute atomic E-state index is 8.55. The Bertz CT molecular complexity index is 481. The fraction of sp³-hybridized carbons (Fsp3) is 0.111. The van der Waals surface area contributed by atoms with Crippen molar-refractivity contribution in [3.05, 3.63) is 29.2 Å². The third-order valence-corrected chi connectivity index (χ3v) is 2.20. The minimum atomic E-state index is 0.389. The van der Waals surface area contributed by atoms with Crippen LogP contribution in [0.25, 0.3) is 10.9 Å². The molecular weight excluding hydrogens is 186 g/mol. The van der Waals surface area contributed by atoms with Gasteiger partial charge >= 0.3 is 0 Å². The fourth-order valence-electron chi connectivity index (χ4n) is 1.31. The van der Waals surface area contributed by atoms with Crippen LogP contribution in [-0.4, -0.2) is 9.97 Å². The number of H-pyrrole nitrogens is 1. The second-order valence-electron chi connectivity index (χ2n) is 2.67. The zero-order valence-electron chi connectivity index (χ0n) is 6.71. The van der Waals surface area contributed by atoms with Gasteiger partial charge in [-0.25, -0.2) is 4.98 Å². The Labute approximate surface area is 80.0 Å². The predicted octanol–water partition coefficient (Wildman–Crippen LogP) is 2.28. The van der Waals surface area contributed by atoms with E-state index in [0.29, 0.717) is 11.6 Å². The molecule has 64 valence electrons. The average molecular weight is 192 g/mol. The van der Waals surface area contributed by atoms with E-state index in [-0.39, 0.29) is 0 Å². The zero-order valence-corrected chi connectivity index (χ0v) is 7.47. The maximum atomic E-state index is 8.55. The summed E-state index contributed by atoms with van der Waals surface area (Å²) in [5.41, 5.74) is 1.76. The van der Waals surface area contributed by atoms with Gasteiger partial charge in [-0.2, -0.15) is 5.26 Å². The number of fused-ring (bicyclic) bond motifs is 1. The van der Waals surface area contributed by atoms with Crippen LogP contribution in [0.1, 0.15) is 5.56 Å². The first-order chi connectivity index (χ1) is 6.33. The van der Waals surface area contributed by atoms with Crippen molar-refractivity contribution in [3.63, 3.8) is 0 Å². The molecule has 0 aliphatic heterocycles. The molecule has 0 aromatic carbocycles. The molecule has 0 unspecified atom stereocenters. The van der Waals surface area contributed by atoms with E-state index in [1.807, 2.05) is 6.07 Å². The van der Waals surface area contributed by atoms with Crippen molar-refractivity contribution in [2.75, 3.05) is 0 Å². The Morgan fingerprint density at radius 3 is 3.23 bits per heavy atom. The molecule has 2 heterocycles. The number of halogens is 1. The molecule has 4 heteroatoms. The third kappa shape index (κ3) is 1.25. The summed E-state index contributed by atoms with van der Waals surface area (Å²) >= 11 is 5.85. The van der Waals surface area contributed by atoms with Crippen molar-refractivity contribution in [1.29, 1.82) is 5.26 Å². The quantitative estimate of drug-likeness (QED) is 0.704. The third-order valence-electron chi connectivity index (χ3n) is 1.91. The summed E-state index contributed by atoms with van der Waals surface area (Å²) < 4.78 is 0. The van der Waals surface area contributed by atoms with E-state index in [1.54, 1.807) is 12.4 Å². The molecule has 3 nitrogen and oxygen atoms in total. The normalized spacial score (nSPS) is 10.2. The fourth-order valence-corrected chi connectivity index (χ4v) is 1.52. The van der Waals surface area contributed by atoms with Crippen molar-refractivity contribution in [2.24, 2.45) is 0 Å². The maximum Gasteiger partial charge on any atom is 0.153 e. The van der Waals surface area contributed by atoms with Gasteiger partial charge < -0.3 is 4.98 Å². The SMILES string of the molecule is N#CCc1c[nH]c2c(Cl)nccc12. The topological polar surface area (TPSA) is 52.5 Å². The van der Waals surface area contributed by atoms with Crippen LogP contribution >= 0.6 is 11.6 Å². The van der Waals surface area contributed by atoms with E-state index >= 15 is 0 Å². The van der Waals surface area contributed by atoms with Crippen molar-refractivity contribution >= 4 is 22.5 Å². The first-order valence-electron chi connectivity index (χ1n) is 3.80. The molecule has 0 bridgehead atoms. The second kappa shape index (κ2) is 3.08. The Morgan fingerprint density at radius 1 is 1.62 bits per heavy atom. The van der Waals surface area contributed by atoms with E-state index < -0.39 is 0 Å². The summed E-state index contributed by atoms with van der Waals surface area (Å²) in [4.78, 5) is 6.93. The number of aromatic nitrogens is 2. The van der Waals surface area contributed by atoms with Gasteiger partial charge in [0.2, 0.25) is 0 Å². The molecule has 0 atom stereocenters. The van der Waals surface area contributed by atoms with Gasteiger partial charge in [-0.3, -0.25) is 0 Å². The molecule has 1 N–H and O–H groups in total. The predicted molar refractivity (Wildman–Crippen MR) is 50.4 cm³/mol. The lowest BCUT2D eigenvalue weighted by Crippen LogP contribution is -1.79. The molecule has 0 aliphatic carbocycles. The van der Waals surface area contributed by atoms with Crippen molar-refractivity contribution < 1.29 is 0 Å². The smallest absolute Gasteiger partial charge is 0.153 e. The monoisotopic (exact) mass is 191 g/mol. The minimum Gasteiger partial charge on any atom is -0.358 e. The number of pyridine rings is 1. The van der Waals surface area contributed by atoms with Crippen molar-refractivity contribution in [3.8, 4) is 6.07 Å². The number of nitrogens with zero attached hydrogens (tertiary/aromatic N) is 2. The van der Waals surface area contributed by atoms with Crippen LogP contribution in [-0.2, 0) is 6.42 Å². The van der Waals surface area contributed by atoms with Gasteiger partial charge in [0.15, 0.2) is 5.15 Å². The highest BCUT2D eigenvalue weighted by Crippen LogP contribution is 2.23. The molecule has 0 saturated heterocycles. The molecule has 2 aromatic heterocycles. The van der Waals surface area contributed by atoms with Gasteiger partial charge in [0.1, 0.15) is 0 Å². The number of hydrogen-bond donors (Lipinski definition) is 1. The first-order valence-corrected chi connectivity index (χ1v) is 4.18. The van der Waals surface area contributed by atoms with Crippen LogP contribution in [0.5, 0.6) is 0 Å². The van der Waals surface area contributed by atoms with E-state index in [1.165, 1.54) is 0 Å². The summed E-state index contributed by atoms with van der Waals surface area (Å²) in [6.45, 7) is 0. The van der Waals surface area contributed by atoms with Gasteiger partial charge in [0, 0.05) is 17.8 Å². The van der Waals surface area contributed by atoms with Crippen LogP contribution in [0.15, 0.2) is 18.5 Å². The molecule has 0 aliphatic rings. The number of aromatic amines is 1. The summed E-state index contributed by atoms with van der Waals surface area (Å²) in [5.74, 6) is 0. The number of rotatable bonds is 1. The summed E-state index contributed by atoms with van der Waals surface area (Å²) in [6.07, 6.45) is 3.82. The van der Waals surface area contributed by atoms with E-state index in [4.69, 9.17) is 16.9 Å².